The molecule has 0 aromatic carbocycles. The lowest BCUT2D eigenvalue weighted by molar-refractivity contribution is -0.129. The SMILES string of the molecule is O=C(/C=C/c1ccc(OC2CCNCC2)nc1)N1CCOCC1. The first-order chi connectivity index (χ1) is 11.3. The fourth-order valence-corrected chi connectivity index (χ4v) is 2.70. The number of carbonyl (C=O) groups is 1. The molecule has 6 nitrogen and oxygen atoms in total. The summed E-state index contributed by atoms with van der Waals surface area (Å²) in [6.07, 6.45) is 7.39. The van der Waals surface area contributed by atoms with E-state index in [4.69, 9.17) is 9.47 Å². The van der Waals surface area contributed by atoms with Crippen molar-refractivity contribution in [3.8, 4) is 5.88 Å². The average Bonchev–Trinajstić information content (AvgIpc) is 2.62. The van der Waals surface area contributed by atoms with E-state index in [0.29, 0.717) is 32.2 Å². The molecular weight excluding hydrogens is 294 g/mol. The Balaban J connectivity index is 1.52. The predicted molar refractivity (Wildman–Crippen MR) is 87.2 cm³/mol. The Labute approximate surface area is 136 Å². The van der Waals surface area contributed by atoms with Crippen LogP contribution in [0.1, 0.15) is 18.4 Å². The summed E-state index contributed by atoms with van der Waals surface area (Å²) in [7, 11) is 0. The van der Waals surface area contributed by atoms with E-state index in [1.165, 1.54) is 0 Å². The van der Waals surface area contributed by atoms with Crippen molar-refractivity contribution < 1.29 is 14.3 Å². The van der Waals surface area contributed by atoms with Crippen molar-refractivity contribution in [3.63, 3.8) is 0 Å². The van der Waals surface area contributed by atoms with Gasteiger partial charge >= 0.3 is 0 Å². The lowest BCUT2D eigenvalue weighted by Crippen LogP contribution is -2.39. The van der Waals surface area contributed by atoms with Crippen LogP contribution >= 0.6 is 0 Å². The van der Waals surface area contributed by atoms with Crippen LogP contribution in [0, 0.1) is 0 Å². The highest BCUT2D eigenvalue weighted by molar-refractivity contribution is 5.91. The van der Waals surface area contributed by atoms with E-state index in [2.05, 4.69) is 10.3 Å². The molecule has 0 atom stereocenters. The largest absolute Gasteiger partial charge is 0.474 e. The monoisotopic (exact) mass is 317 g/mol. The van der Waals surface area contributed by atoms with Crippen LogP contribution in [0.15, 0.2) is 24.4 Å². The Morgan fingerprint density at radius 3 is 2.78 bits per heavy atom. The van der Waals surface area contributed by atoms with Gasteiger partial charge in [-0.15, -0.1) is 0 Å². The number of amides is 1. The van der Waals surface area contributed by atoms with Gasteiger partial charge in [0.1, 0.15) is 6.10 Å². The molecule has 124 valence electrons. The van der Waals surface area contributed by atoms with Crippen molar-refractivity contribution >= 4 is 12.0 Å². The summed E-state index contributed by atoms with van der Waals surface area (Å²) in [5.41, 5.74) is 0.893. The zero-order valence-electron chi connectivity index (χ0n) is 13.2. The van der Waals surface area contributed by atoms with Crippen molar-refractivity contribution in [2.75, 3.05) is 39.4 Å². The highest BCUT2D eigenvalue weighted by Gasteiger charge is 2.15. The van der Waals surface area contributed by atoms with E-state index < -0.39 is 0 Å². The number of piperidine rings is 1. The number of hydrogen-bond donors (Lipinski definition) is 1. The van der Waals surface area contributed by atoms with E-state index in [1.807, 2.05) is 12.1 Å². The topological polar surface area (TPSA) is 63.7 Å². The lowest BCUT2D eigenvalue weighted by atomic mass is 10.1. The third kappa shape index (κ3) is 4.77. The van der Waals surface area contributed by atoms with Crippen molar-refractivity contribution in [2.24, 2.45) is 0 Å². The molecule has 1 aromatic rings. The van der Waals surface area contributed by atoms with Crippen LogP contribution in [0.5, 0.6) is 5.88 Å². The molecule has 0 radical (unpaired) electrons. The Hall–Kier alpha value is -1.92. The number of pyridine rings is 1. The van der Waals surface area contributed by atoms with Gasteiger partial charge in [0.25, 0.3) is 0 Å². The van der Waals surface area contributed by atoms with Gasteiger partial charge in [-0.3, -0.25) is 4.79 Å². The number of aromatic nitrogens is 1. The Morgan fingerprint density at radius 2 is 2.09 bits per heavy atom. The van der Waals surface area contributed by atoms with Gasteiger partial charge in [-0.1, -0.05) is 0 Å². The van der Waals surface area contributed by atoms with E-state index >= 15 is 0 Å². The van der Waals surface area contributed by atoms with Gasteiger partial charge in [-0.2, -0.15) is 0 Å². The van der Waals surface area contributed by atoms with E-state index in [0.717, 1.165) is 31.5 Å². The van der Waals surface area contributed by atoms with Gasteiger partial charge in [0, 0.05) is 31.4 Å². The predicted octanol–water partition coefficient (Wildman–Crippen LogP) is 1.08. The molecule has 3 heterocycles. The fraction of sp³-hybridized carbons (Fsp3) is 0.529. The van der Waals surface area contributed by atoms with Crippen LogP contribution in [0.25, 0.3) is 6.08 Å². The van der Waals surface area contributed by atoms with Crippen molar-refractivity contribution in [1.29, 1.82) is 0 Å². The lowest BCUT2D eigenvalue weighted by Gasteiger charge is -2.25. The summed E-state index contributed by atoms with van der Waals surface area (Å²) in [6.45, 7) is 4.53. The Bertz CT molecular complexity index is 533. The van der Waals surface area contributed by atoms with Crippen molar-refractivity contribution in [3.05, 3.63) is 30.0 Å². The van der Waals surface area contributed by atoms with Crippen molar-refractivity contribution in [1.82, 2.24) is 15.2 Å². The quantitative estimate of drug-likeness (QED) is 0.842. The van der Waals surface area contributed by atoms with Crippen LogP contribution < -0.4 is 10.1 Å². The highest BCUT2D eigenvalue weighted by Crippen LogP contribution is 2.15. The average molecular weight is 317 g/mol. The molecule has 0 saturated carbocycles. The van der Waals surface area contributed by atoms with Crippen LogP contribution in [0.3, 0.4) is 0 Å². The molecule has 1 aromatic heterocycles. The first-order valence-electron chi connectivity index (χ1n) is 8.19. The molecule has 1 amide bonds. The summed E-state index contributed by atoms with van der Waals surface area (Å²) in [6, 6.07) is 3.79. The highest BCUT2D eigenvalue weighted by atomic mass is 16.5. The summed E-state index contributed by atoms with van der Waals surface area (Å²) in [5.74, 6) is 0.664. The molecule has 2 aliphatic heterocycles. The molecule has 0 aliphatic carbocycles. The zero-order valence-corrected chi connectivity index (χ0v) is 13.2. The molecule has 0 bridgehead atoms. The number of hydrogen-bond acceptors (Lipinski definition) is 5. The second kappa shape index (κ2) is 8.08. The molecule has 0 unspecified atom stereocenters. The van der Waals surface area contributed by atoms with Gasteiger partial charge < -0.3 is 19.7 Å². The second-order valence-corrected chi connectivity index (χ2v) is 5.77. The number of nitrogens with zero attached hydrogens (tertiary/aromatic N) is 2. The van der Waals surface area contributed by atoms with Gasteiger partial charge in [-0.25, -0.2) is 4.98 Å². The number of morpholine rings is 1. The molecule has 0 spiro atoms. The van der Waals surface area contributed by atoms with Gasteiger partial charge in [0.2, 0.25) is 11.8 Å². The second-order valence-electron chi connectivity index (χ2n) is 5.77. The van der Waals surface area contributed by atoms with Gasteiger partial charge in [0.15, 0.2) is 0 Å². The van der Waals surface area contributed by atoms with Crippen LogP contribution in [-0.2, 0) is 9.53 Å². The summed E-state index contributed by atoms with van der Waals surface area (Å²) in [5, 5.41) is 3.31. The van der Waals surface area contributed by atoms with E-state index in [-0.39, 0.29) is 12.0 Å². The number of nitrogens with one attached hydrogen (secondary N) is 1. The molecule has 2 saturated heterocycles. The zero-order chi connectivity index (χ0) is 15.9. The van der Waals surface area contributed by atoms with Gasteiger partial charge in [0.05, 0.1) is 13.2 Å². The maximum Gasteiger partial charge on any atom is 0.246 e. The smallest absolute Gasteiger partial charge is 0.246 e. The van der Waals surface area contributed by atoms with Gasteiger partial charge in [-0.05, 0) is 43.6 Å². The molecular formula is C17H23N3O3. The normalized spacial score (nSPS) is 19.9. The molecule has 6 heteroatoms. The summed E-state index contributed by atoms with van der Waals surface area (Å²) < 4.78 is 11.1. The molecule has 1 N–H and O–H groups in total. The maximum atomic E-state index is 12.0. The number of carbonyl (C=O) groups excluding carboxylic acids is 1. The molecule has 3 rings (SSSR count). The maximum absolute atomic E-state index is 12.0. The summed E-state index contributed by atoms with van der Waals surface area (Å²) in [4.78, 5) is 18.2. The Morgan fingerprint density at radius 1 is 1.30 bits per heavy atom. The van der Waals surface area contributed by atoms with Crippen molar-refractivity contribution in [2.45, 2.75) is 18.9 Å². The fourth-order valence-electron chi connectivity index (χ4n) is 2.70. The minimum Gasteiger partial charge on any atom is -0.474 e. The van der Waals surface area contributed by atoms with Crippen LogP contribution in [0.4, 0.5) is 0 Å². The summed E-state index contributed by atoms with van der Waals surface area (Å²) >= 11 is 0. The first kappa shape index (κ1) is 16.0. The third-order valence-electron chi connectivity index (χ3n) is 4.07. The van der Waals surface area contributed by atoms with E-state index in [1.54, 1.807) is 23.2 Å². The number of ether oxygens (including phenoxy) is 2. The molecule has 2 aliphatic rings. The van der Waals surface area contributed by atoms with Crippen LogP contribution in [0.2, 0.25) is 0 Å². The Kier molecular flexibility index (Phi) is 5.60. The van der Waals surface area contributed by atoms with Crippen LogP contribution in [-0.4, -0.2) is 61.3 Å². The third-order valence-corrected chi connectivity index (χ3v) is 4.07. The minimum absolute atomic E-state index is 0.0170. The standard InChI is InChI=1S/C17H23N3O3/c21-17(20-9-11-22-12-10-20)4-2-14-1-3-16(19-13-14)23-15-5-7-18-8-6-15/h1-4,13,15,18H,5-12H2/b4-2+. The van der Waals surface area contributed by atoms with E-state index in [9.17, 15) is 4.79 Å². The number of rotatable bonds is 4. The molecule has 2 fully saturated rings. The minimum atomic E-state index is 0.0170. The molecule has 23 heavy (non-hydrogen) atoms. The first-order valence-corrected chi connectivity index (χ1v) is 8.19.